The van der Waals surface area contributed by atoms with E-state index in [-0.39, 0.29) is 5.91 Å². The van der Waals surface area contributed by atoms with Gasteiger partial charge in [-0.15, -0.1) is 5.11 Å². The lowest BCUT2D eigenvalue weighted by molar-refractivity contribution is 0.102. The molecule has 7 heteroatoms. The summed E-state index contributed by atoms with van der Waals surface area (Å²) in [5.74, 6) is 0.879. The van der Waals surface area contributed by atoms with Crippen LogP contribution in [0.15, 0.2) is 64.8 Å². The predicted octanol–water partition coefficient (Wildman–Crippen LogP) is 6.00. The zero-order valence-corrected chi connectivity index (χ0v) is 18.2. The fourth-order valence-corrected chi connectivity index (χ4v) is 2.96. The van der Waals surface area contributed by atoms with E-state index in [1.807, 2.05) is 50.2 Å². The van der Waals surface area contributed by atoms with Crippen LogP contribution in [0.1, 0.15) is 21.5 Å². The molecule has 7 nitrogen and oxygen atoms in total. The minimum absolute atomic E-state index is 0.338. The molecule has 0 aliphatic carbocycles. The highest BCUT2D eigenvalue weighted by Crippen LogP contribution is 2.38. The molecular formula is C24H25N3O4. The first kappa shape index (κ1) is 21.8. The van der Waals surface area contributed by atoms with Crippen molar-refractivity contribution in [2.24, 2.45) is 10.2 Å². The highest BCUT2D eigenvalue weighted by Gasteiger charge is 2.18. The van der Waals surface area contributed by atoms with Gasteiger partial charge in [0.15, 0.2) is 11.5 Å². The first-order valence-electron chi connectivity index (χ1n) is 9.65. The Bertz CT molecular complexity index is 1080. The third kappa shape index (κ3) is 5.19. The van der Waals surface area contributed by atoms with Crippen LogP contribution in [-0.2, 0) is 0 Å². The molecule has 0 atom stereocenters. The van der Waals surface area contributed by atoms with Gasteiger partial charge in [0.1, 0.15) is 5.69 Å². The zero-order valence-electron chi connectivity index (χ0n) is 18.2. The second-order valence-corrected chi connectivity index (χ2v) is 6.92. The fourth-order valence-electron chi connectivity index (χ4n) is 2.96. The van der Waals surface area contributed by atoms with Crippen LogP contribution >= 0.6 is 0 Å². The molecule has 0 unspecified atom stereocenters. The minimum atomic E-state index is -0.338. The van der Waals surface area contributed by atoms with Crippen molar-refractivity contribution in [3.05, 3.63) is 71.3 Å². The summed E-state index contributed by atoms with van der Waals surface area (Å²) in [4.78, 5) is 13.0. The number of aryl methyl sites for hydroxylation is 2. The number of benzene rings is 3. The molecule has 0 saturated carbocycles. The summed E-state index contributed by atoms with van der Waals surface area (Å²) in [5, 5.41) is 11.5. The van der Waals surface area contributed by atoms with Gasteiger partial charge in [0.2, 0.25) is 5.75 Å². The third-order valence-electron chi connectivity index (χ3n) is 4.64. The minimum Gasteiger partial charge on any atom is -0.493 e. The van der Waals surface area contributed by atoms with Gasteiger partial charge in [0.25, 0.3) is 5.91 Å². The molecule has 3 aromatic rings. The standard InChI is InChI=1S/C24H25N3O4/c1-15-6-9-18(10-7-15)26-27-20-12-16(2)8-11-19(20)25-24(28)17-13-21(29-3)23(31-5)22(14-17)30-4/h6-14H,1-5H3,(H,25,28). The van der Waals surface area contributed by atoms with E-state index >= 15 is 0 Å². The van der Waals surface area contributed by atoms with E-state index < -0.39 is 0 Å². The molecule has 0 bridgehead atoms. The van der Waals surface area contributed by atoms with Crippen molar-refractivity contribution in [3.8, 4) is 17.2 Å². The van der Waals surface area contributed by atoms with Crippen molar-refractivity contribution in [1.29, 1.82) is 0 Å². The lowest BCUT2D eigenvalue weighted by Gasteiger charge is -2.14. The molecule has 0 fully saturated rings. The molecule has 1 N–H and O–H groups in total. The van der Waals surface area contributed by atoms with Gasteiger partial charge in [-0.3, -0.25) is 4.79 Å². The van der Waals surface area contributed by atoms with Crippen LogP contribution in [-0.4, -0.2) is 27.2 Å². The van der Waals surface area contributed by atoms with Gasteiger partial charge < -0.3 is 19.5 Å². The number of carbonyl (C=O) groups is 1. The van der Waals surface area contributed by atoms with Crippen molar-refractivity contribution >= 4 is 23.0 Å². The Balaban J connectivity index is 1.90. The lowest BCUT2D eigenvalue weighted by Crippen LogP contribution is -2.13. The van der Waals surface area contributed by atoms with Crippen LogP contribution in [0.3, 0.4) is 0 Å². The molecule has 0 saturated heterocycles. The van der Waals surface area contributed by atoms with E-state index in [0.29, 0.717) is 34.2 Å². The Morgan fingerprint density at radius 3 is 1.97 bits per heavy atom. The Morgan fingerprint density at radius 2 is 1.39 bits per heavy atom. The smallest absolute Gasteiger partial charge is 0.256 e. The summed E-state index contributed by atoms with van der Waals surface area (Å²) in [6.45, 7) is 3.97. The SMILES string of the molecule is COc1cc(C(=O)Nc2ccc(C)cc2N=Nc2ccc(C)cc2)cc(OC)c1OC. The average molecular weight is 419 g/mol. The molecule has 0 aromatic heterocycles. The van der Waals surface area contributed by atoms with E-state index in [9.17, 15) is 4.79 Å². The van der Waals surface area contributed by atoms with Crippen molar-refractivity contribution in [1.82, 2.24) is 0 Å². The molecule has 0 radical (unpaired) electrons. The summed E-state index contributed by atoms with van der Waals surface area (Å²) in [5.41, 5.74) is 4.34. The van der Waals surface area contributed by atoms with E-state index in [4.69, 9.17) is 14.2 Å². The topological polar surface area (TPSA) is 81.5 Å². The number of rotatable bonds is 7. The summed E-state index contributed by atoms with van der Waals surface area (Å²) in [6.07, 6.45) is 0. The molecule has 0 heterocycles. The molecular weight excluding hydrogens is 394 g/mol. The summed E-state index contributed by atoms with van der Waals surface area (Å²) in [7, 11) is 4.52. The van der Waals surface area contributed by atoms with Gasteiger partial charge in [-0.2, -0.15) is 5.11 Å². The number of hydrogen-bond acceptors (Lipinski definition) is 6. The summed E-state index contributed by atoms with van der Waals surface area (Å²) in [6, 6.07) is 16.5. The molecule has 0 aliphatic rings. The molecule has 0 aliphatic heterocycles. The quantitative estimate of drug-likeness (QED) is 0.476. The number of ether oxygens (including phenoxy) is 3. The number of carbonyl (C=O) groups excluding carboxylic acids is 1. The molecule has 31 heavy (non-hydrogen) atoms. The number of methoxy groups -OCH3 is 3. The summed E-state index contributed by atoms with van der Waals surface area (Å²) >= 11 is 0. The van der Waals surface area contributed by atoms with Crippen LogP contribution in [0.2, 0.25) is 0 Å². The van der Waals surface area contributed by atoms with Crippen molar-refractivity contribution < 1.29 is 19.0 Å². The second kappa shape index (κ2) is 9.75. The number of hydrogen-bond donors (Lipinski definition) is 1. The number of nitrogens with zero attached hydrogens (tertiary/aromatic N) is 2. The van der Waals surface area contributed by atoms with Crippen LogP contribution in [0.5, 0.6) is 17.2 Å². The monoisotopic (exact) mass is 419 g/mol. The molecule has 3 rings (SSSR count). The first-order chi connectivity index (χ1) is 14.9. The molecule has 160 valence electrons. The Kier molecular flexibility index (Phi) is 6.87. The van der Waals surface area contributed by atoms with Gasteiger partial charge in [0, 0.05) is 5.56 Å². The second-order valence-electron chi connectivity index (χ2n) is 6.92. The maximum atomic E-state index is 13.0. The molecule has 1 amide bonds. The van der Waals surface area contributed by atoms with Gasteiger partial charge in [-0.05, 0) is 55.8 Å². The highest BCUT2D eigenvalue weighted by atomic mass is 16.5. The predicted molar refractivity (Wildman–Crippen MR) is 121 cm³/mol. The lowest BCUT2D eigenvalue weighted by atomic mass is 10.1. The molecule has 0 spiro atoms. The van der Waals surface area contributed by atoms with Crippen LogP contribution in [0, 0.1) is 13.8 Å². The number of azo groups is 1. The van der Waals surface area contributed by atoms with E-state index in [1.165, 1.54) is 21.3 Å². The van der Waals surface area contributed by atoms with Gasteiger partial charge in [-0.25, -0.2) is 0 Å². The Hall–Kier alpha value is -3.87. The van der Waals surface area contributed by atoms with Crippen LogP contribution in [0.25, 0.3) is 0 Å². The van der Waals surface area contributed by atoms with Gasteiger partial charge in [0.05, 0.1) is 32.7 Å². The maximum absolute atomic E-state index is 13.0. The number of anilines is 1. The van der Waals surface area contributed by atoms with Crippen molar-refractivity contribution in [2.45, 2.75) is 13.8 Å². The normalized spacial score (nSPS) is 10.7. The summed E-state index contributed by atoms with van der Waals surface area (Å²) < 4.78 is 16.0. The van der Waals surface area contributed by atoms with Crippen molar-refractivity contribution in [3.63, 3.8) is 0 Å². The first-order valence-corrected chi connectivity index (χ1v) is 9.65. The Morgan fingerprint density at radius 1 is 0.774 bits per heavy atom. The molecule has 3 aromatic carbocycles. The highest BCUT2D eigenvalue weighted by molar-refractivity contribution is 6.06. The Labute approximate surface area is 181 Å². The van der Waals surface area contributed by atoms with Crippen LogP contribution in [0.4, 0.5) is 17.1 Å². The number of nitrogens with one attached hydrogen (secondary N) is 1. The van der Waals surface area contributed by atoms with E-state index in [2.05, 4.69) is 15.5 Å². The zero-order chi connectivity index (χ0) is 22.4. The van der Waals surface area contributed by atoms with E-state index in [1.54, 1.807) is 18.2 Å². The largest absolute Gasteiger partial charge is 0.493 e. The van der Waals surface area contributed by atoms with Crippen molar-refractivity contribution in [2.75, 3.05) is 26.6 Å². The average Bonchev–Trinajstić information content (AvgIpc) is 2.79. The van der Waals surface area contributed by atoms with Gasteiger partial charge in [-0.1, -0.05) is 23.8 Å². The fraction of sp³-hybridized carbons (Fsp3) is 0.208. The van der Waals surface area contributed by atoms with Crippen LogP contribution < -0.4 is 19.5 Å². The van der Waals surface area contributed by atoms with Gasteiger partial charge >= 0.3 is 0 Å². The third-order valence-corrected chi connectivity index (χ3v) is 4.64. The van der Waals surface area contributed by atoms with E-state index in [0.717, 1.165) is 16.8 Å². The number of amides is 1. The maximum Gasteiger partial charge on any atom is 0.256 e.